The highest BCUT2D eigenvalue weighted by atomic mass is 16.1. The molecule has 0 unspecified atom stereocenters. The molecule has 1 rings (SSSR count). The minimum Gasteiger partial charge on any atom is -0.310 e. The van der Waals surface area contributed by atoms with E-state index in [-0.39, 0.29) is 11.8 Å². The molecule has 0 aromatic carbocycles. The fourth-order valence-corrected chi connectivity index (χ4v) is 1.49. The molecule has 0 aliphatic heterocycles. The highest BCUT2D eigenvalue weighted by Gasteiger charge is 2.14. The van der Waals surface area contributed by atoms with Gasteiger partial charge in [0.2, 0.25) is 5.91 Å². The highest BCUT2D eigenvalue weighted by Crippen LogP contribution is 2.14. The van der Waals surface area contributed by atoms with Crippen LogP contribution in [0.1, 0.15) is 32.3 Å². The summed E-state index contributed by atoms with van der Waals surface area (Å²) >= 11 is 0. The summed E-state index contributed by atoms with van der Waals surface area (Å²) in [6.45, 7) is 5.99. The second kappa shape index (κ2) is 5.49. The maximum Gasteiger partial charge on any atom is 0.228 e. The maximum absolute atomic E-state index is 11.8. The summed E-state index contributed by atoms with van der Waals surface area (Å²) in [5.41, 5.74) is 0.997. The van der Waals surface area contributed by atoms with Gasteiger partial charge in [-0.15, -0.1) is 0 Å². The molecule has 0 atom stereocenters. The van der Waals surface area contributed by atoms with Crippen LogP contribution in [0.4, 0.5) is 5.82 Å². The van der Waals surface area contributed by atoms with Crippen LogP contribution in [-0.4, -0.2) is 10.9 Å². The van der Waals surface area contributed by atoms with Crippen molar-refractivity contribution in [2.24, 2.45) is 5.92 Å². The van der Waals surface area contributed by atoms with Crippen molar-refractivity contribution in [1.29, 1.82) is 0 Å². The van der Waals surface area contributed by atoms with Crippen molar-refractivity contribution in [2.75, 3.05) is 5.32 Å². The number of hydrogen-bond donors (Lipinski definition) is 1. The quantitative estimate of drug-likeness (QED) is 0.823. The molecule has 0 saturated carbocycles. The number of amides is 1. The molecule has 0 aliphatic carbocycles. The SMILES string of the molecule is CCC(CC)C(=O)Nc1ncccc1C. The van der Waals surface area contributed by atoms with E-state index in [4.69, 9.17) is 0 Å². The molecular formula is C12H18N2O. The zero-order valence-corrected chi connectivity index (χ0v) is 9.58. The fourth-order valence-electron chi connectivity index (χ4n) is 1.49. The van der Waals surface area contributed by atoms with E-state index in [0.717, 1.165) is 18.4 Å². The molecule has 82 valence electrons. The molecule has 0 fully saturated rings. The first-order valence-electron chi connectivity index (χ1n) is 5.41. The first-order valence-corrected chi connectivity index (χ1v) is 5.41. The summed E-state index contributed by atoms with van der Waals surface area (Å²) in [5, 5.41) is 2.86. The van der Waals surface area contributed by atoms with E-state index < -0.39 is 0 Å². The van der Waals surface area contributed by atoms with Gasteiger partial charge in [-0.2, -0.15) is 0 Å². The molecule has 1 amide bonds. The molecular weight excluding hydrogens is 188 g/mol. The second-order valence-corrected chi connectivity index (χ2v) is 3.67. The van der Waals surface area contributed by atoms with Gasteiger partial charge in [-0.25, -0.2) is 4.98 Å². The molecule has 1 N–H and O–H groups in total. The number of anilines is 1. The average Bonchev–Trinajstić information content (AvgIpc) is 2.23. The molecule has 1 heterocycles. The summed E-state index contributed by atoms with van der Waals surface area (Å²) in [5.74, 6) is 0.836. The molecule has 3 nitrogen and oxygen atoms in total. The molecule has 15 heavy (non-hydrogen) atoms. The Morgan fingerprint density at radius 1 is 1.47 bits per heavy atom. The lowest BCUT2D eigenvalue weighted by atomic mass is 10.0. The van der Waals surface area contributed by atoms with E-state index in [1.165, 1.54) is 0 Å². The Morgan fingerprint density at radius 3 is 2.67 bits per heavy atom. The third-order valence-electron chi connectivity index (χ3n) is 2.61. The van der Waals surface area contributed by atoms with Gasteiger partial charge in [0.25, 0.3) is 0 Å². The van der Waals surface area contributed by atoms with Gasteiger partial charge >= 0.3 is 0 Å². The Bertz CT molecular complexity index is 332. The number of aromatic nitrogens is 1. The van der Waals surface area contributed by atoms with Crippen molar-refractivity contribution in [3.8, 4) is 0 Å². The van der Waals surface area contributed by atoms with Crippen molar-refractivity contribution < 1.29 is 4.79 Å². The summed E-state index contributed by atoms with van der Waals surface area (Å²) in [4.78, 5) is 15.9. The number of nitrogens with one attached hydrogen (secondary N) is 1. The molecule has 1 aromatic rings. The number of carbonyl (C=O) groups is 1. The summed E-state index contributed by atoms with van der Waals surface area (Å²) in [6.07, 6.45) is 3.43. The molecule has 0 radical (unpaired) electrons. The first-order chi connectivity index (χ1) is 7.19. The average molecular weight is 206 g/mol. The standard InChI is InChI=1S/C12H18N2O/c1-4-10(5-2)12(15)14-11-9(3)7-6-8-13-11/h6-8,10H,4-5H2,1-3H3,(H,13,14,15). The summed E-state index contributed by atoms with van der Waals surface area (Å²) in [6, 6.07) is 3.80. The monoisotopic (exact) mass is 206 g/mol. The lowest BCUT2D eigenvalue weighted by molar-refractivity contribution is -0.120. The normalized spacial score (nSPS) is 10.4. The van der Waals surface area contributed by atoms with Crippen LogP contribution < -0.4 is 5.32 Å². The van der Waals surface area contributed by atoms with Crippen LogP contribution in [0.3, 0.4) is 0 Å². The lowest BCUT2D eigenvalue weighted by Crippen LogP contribution is -2.22. The Morgan fingerprint density at radius 2 is 2.13 bits per heavy atom. The second-order valence-electron chi connectivity index (χ2n) is 3.67. The van der Waals surface area contributed by atoms with Crippen molar-refractivity contribution in [2.45, 2.75) is 33.6 Å². The Kier molecular flexibility index (Phi) is 4.28. The van der Waals surface area contributed by atoms with Gasteiger partial charge in [0.1, 0.15) is 5.82 Å². The van der Waals surface area contributed by atoms with Crippen LogP contribution >= 0.6 is 0 Å². The molecule has 0 spiro atoms. The van der Waals surface area contributed by atoms with Gasteiger partial charge in [-0.05, 0) is 31.4 Å². The number of carbonyl (C=O) groups excluding carboxylic acids is 1. The predicted octanol–water partition coefficient (Wildman–Crippen LogP) is 2.76. The van der Waals surface area contributed by atoms with Gasteiger partial charge in [-0.1, -0.05) is 19.9 Å². The van der Waals surface area contributed by atoms with Crippen LogP contribution in [0.15, 0.2) is 18.3 Å². The van der Waals surface area contributed by atoms with E-state index in [1.54, 1.807) is 6.20 Å². The van der Waals surface area contributed by atoms with Gasteiger partial charge in [0.05, 0.1) is 0 Å². The van der Waals surface area contributed by atoms with Crippen molar-refractivity contribution in [1.82, 2.24) is 4.98 Å². The molecule has 3 heteroatoms. The van der Waals surface area contributed by atoms with Crippen LogP contribution in [0.25, 0.3) is 0 Å². The third kappa shape index (κ3) is 3.05. The topological polar surface area (TPSA) is 42.0 Å². The molecule has 0 aliphatic rings. The van der Waals surface area contributed by atoms with Crippen molar-refractivity contribution in [3.05, 3.63) is 23.9 Å². The van der Waals surface area contributed by atoms with Crippen LogP contribution in [-0.2, 0) is 4.79 Å². The van der Waals surface area contributed by atoms with E-state index in [2.05, 4.69) is 10.3 Å². The number of rotatable bonds is 4. The van der Waals surface area contributed by atoms with E-state index in [1.807, 2.05) is 32.9 Å². The zero-order valence-electron chi connectivity index (χ0n) is 9.58. The molecule has 1 aromatic heterocycles. The highest BCUT2D eigenvalue weighted by molar-refractivity contribution is 5.92. The summed E-state index contributed by atoms with van der Waals surface area (Å²) in [7, 11) is 0. The van der Waals surface area contributed by atoms with Crippen LogP contribution in [0.2, 0.25) is 0 Å². The number of aryl methyl sites for hydroxylation is 1. The number of pyridine rings is 1. The van der Waals surface area contributed by atoms with Gasteiger partial charge in [0.15, 0.2) is 0 Å². The Hall–Kier alpha value is -1.38. The maximum atomic E-state index is 11.8. The molecule has 0 saturated heterocycles. The minimum atomic E-state index is 0.0711. The number of nitrogens with zero attached hydrogens (tertiary/aromatic N) is 1. The lowest BCUT2D eigenvalue weighted by Gasteiger charge is -2.13. The first kappa shape index (κ1) is 11.7. The smallest absolute Gasteiger partial charge is 0.228 e. The van der Waals surface area contributed by atoms with Crippen molar-refractivity contribution in [3.63, 3.8) is 0 Å². The van der Waals surface area contributed by atoms with E-state index >= 15 is 0 Å². The van der Waals surface area contributed by atoms with Crippen LogP contribution in [0.5, 0.6) is 0 Å². The third-order valence-corrected chi connectivity index (χ3v) is 2.61. The molecule has 0 bridgehead atoms. The van der Waals surface area contributed by atoms with Gasteiger partial charge in [0, 0.05) is 12.1 Å². The number of hydrogen-bond acceptors (Lipinski definition) is 2. The summed E-state index contributed by atoms with van der Waals surface area (Å²) < 4.78 is 0. The van der Waals surface area contributed by atoms with Crippen molar-refractivity contribution >= 4 is 11.7 Å². The Labute approximate surface area is 90.9 Å². The zero-order chi connectivity index (χ0) is 11.3. The fraction of sp³-hybridized carbons (Fsp3) is 0.500. The van der Waals surface area contributed by atoms with E-state index in [0.29, 0.717) is 5.82 Å². The van der Waals surface area contributed by atoms with E-state index in [9.17, 15) is 4.79 Å². The van der Waals surface area contributed by atoms with Gasteiger partial charge < -0.3 is 5.32 Å². The van der Waals surface area contributed by atoms with Crippen LogP contribution in [0, 0.1) is 12.8 Å². The van der Waals surface area contributed by atoms with Gasteiger partial charge in [-0.3, -0.25) is 4.79 Å². The largest absolute Gasteiger partial charge is 0.310 e. The minimum absolute atomic E-state index is 0.0711. The Balaban J connectivity index is 2.70. The predicted molar refractivity (Wildman–Crippen MR) is 61.7 cm³/mol.